The average molecular weight is 315 g/mol. The minimum atomic E-state index is -0.243. The minimum absolute atomic E-state index is 0.00223. The number of carbonyl (C=O) groups is 1. The summed E-state index contributed by atoms with van der Waals surface area (Å²) in [7, 11) is 1.65. The van der Waals surface area contributed by atoms with E-state index in [-0.39, 0.29) is 18.0 Å². The fourth-order valence-corrected chi connectivity index (χ4v) is 2.67. The highest BCUT2D eigenvalue weighted by Crippen LogP contribution is 2.25. The van der Waals surface area contributed by atoms with Gasteiger partial charge in [0.05, 0.1) is 13.4 Å². The van der Waals surface area contributed by atoms with Gasteiger partial charge < -0.3 is 15.0 Å². The van der Waals surface area contributed by atoms with Crippen LogP contribution in [0.15, 0.2) is 36.8 Å². The number of methoxy groups -OCH3 is 1. The molecule has 0 radical (unpaired) electrons. The number of nitrogens with one attached hydrogen (secondary N) is 4. The second-order valence-electron chi connectivity index (χ2n) is 5.52. The molecule has 1 aliphatic heterocycles. The normalized spacial score (nSPS) is 20.4. The molecule has 2 unspecified atom stereocenters. The predicted octanol–water partition coefficient (Wildman–Crippen LogP) is 0.685. The summed E-state index contributed by atoms with van der Waals surface area (Å²) >= 11 is 0. The predicted molar refractivity (Wildman–Crippen MR) is 85.7 cm³/mol. The number of hydrogen-bond donors (Lipinski definition) is 4. The molecule has 0 spiro atoms. The van der Waals surface area contributed by atoms with Gasteiger partial charge in [-0.1, -0.05) is 12.1 Å². The van der Waals surface area contributed by atoms with Crippen LogP contribution < -0.4 is 20.9 Å². The van der Waals surface area contributed by atoms with Gasteiger partial charge in [-0.25, -0.2) is 15.8 Å². The van der Waals surface area contributed by atoms with Crippen molar-refractivity contribution in [3.63, 3.8) is 0 Å². The van der Waals surface area contributed by atoms with E-state index >= 15 is 0 Å². The van der Waals surface area contributed by atoms with Gasteiger partial charge in [0.25, 0.3) is 0 Å². The Morgan fingerprint density at radius 1 is 1.43 bits per heavy atom. The molecule has 2 heterocycles. The number of H-pyrrole nitrogens is 1. The Morgan fingerprint density at radius 3 is 3.13 bits per heavy atom. The molecular weight excluding hydrogens is 294 g/mol. The Bertz CT molecular complexity index is 644. The Hall–Kier alpha value is -2.38. The SMILES string of the molecule is COc1cccc(C2CC(C(=O)NCCc3cnc[nH]3)NN2)c1. The molecule has 3 rings (SSSR count). The zero-order chi connectivity index (χ0) is 16.1. The molecule has 2 aromatic rings. The number of imidazole rings is 1. The molecule has 0 bridgehead atoms. The van der Waals surface area contributed by atoms with Crippen LogP contribution in [-0.4, -0.2) is 35.6 Å². The van der Waals surface area contributed by atoms with E-state index in [9.17, 15) is 4.79 Å². The summed E-state index contributed by atoms with van der Waals surface area (Å²) in [6.07, 6.45) is 4.84. The van der Waals surface area contributed by atoms with Crippen molar-refractivity contribution >= 4 is 5.91 Å². The molecule has 1 fully saturated rings. The second kappa shape index (κ2) is 7.26. The maximum absolute atomic E-state index is 12.2. The van der Waals surface area contributed by atoms with Crippen molar-refractivity contribution in [1.29, 1.82) is 0 Å². The Labute approximate surface area is 134 Å². The number of rotatable bonds is 6. The molecule has 1 amide bonds. The van der Waals surface area contributed by atoms with Crippen LogP contribution in [0.5, 0.6) is 5.75 Å². The molecule has 2 atom stereocenters. The summed E-state index contributed by atoms with van der Waals surface area (Å²) in [5, 5.41) is 2.94. The van der Waals surface area contributed by atoms with Gasteiger partial charge in [-0.15, -0.1) is 0 Å². The highest BCUT2D eigenvalue weighted by atomic mass is 16.5. The van der Waals surface area contributed by atoms with Gasteiger partial charge in [-0.3, -0.25) is 4.79 Å². The lowest BCUT2D eigenvalue weighted by atomic mass is 10.0. The molecule has 122 valence electrons. The third-order valence-corrected chi connectivity index (χ3v) is 3.96. The van der Waals surface area contributed by atoms with Crippen molar-refractivity contribution in [3.8, 4) is 5.75 Å². The zero-order valence-electron chi connectivity index (χ0n) is 13.0. The van der Waals surface area contributed by atoms with E-state index in [1.165, 1.54) is 0 Å². The number of aromatic nitrogens is 2. The van der Waals surface area contributed by atoms with Crippen molar-refractivity contribution in [3.05, 3.63) is 48.0 Å². The van der Waals surface area contributed by atoms with Gasteiger partial charge >= 0.3 is 0 Å². The molecule has 1 aromatic carbocycles. The average Bonchev–Trinajstić information content (AvgIpc) is 3.26. The number of carbonyl (C=O) groups excluding carboxylic acids is 1. The third-order valence-electron chi connectivity index (χ3n) is 3.96. The van der Waals surface area contributed by atoms with E-state index in [0.717, 1.165) is 23.4 Å². The van der Waals surface area contributed by atoms with Crippen LogP contribution in [0.3, 0.4) is 0 Å². The minimum Gasteiger partial charge on any atom is -0.497 e. The zero-order valence-corrected chi connectivity index (χ0v) is 13.0. The highest BCUT2D eigenvalue weighted by molar-refractivity contribution is 5.82. The van der Waals surface area contributed by atoms with Crippen molar-refractivity contribution in [2.45, 2.75) is 24.9 Å². The highest BCUT2D eigenvalue weighted by Gasteiger charge is 2.30. The van der Waals surface area contributed by atoms with Gasteiger partial charge in [-0.05, 0) is 24.1 Å². The van der Waals surface area contributed by atoms with Crippen LogP contribution in [0.4, 0.5) is 0 Å². The van der Waals surface area contributed by atoms with E-state index < -0.39 is 0 Å². The van der Waals surface area contributed by atoms with Gasteiger partial charge in [0.1, 0.15) is 11.8 Å². The van der Waals surface area contributed by atoms with Crippen molar-refractivity contribution in [1.82, 2.24) is 26.1 Å². The van der Waals surface area contributed by atoms with Crippen molar-refractivity contribution < 1.29 is 9.53 Å². The van der Waals surface area contributed by atoms with Crippen molar-refractivity contribution in [2.24, 2.45) is 0 Å². The quantitative estimate of drug-likeness (QED) is 0.629. The standard InChI is InChI=1S/C16H21N5O2/c1-23-13-4-2-3-11(7-13)14-8-15(21-20-14)16(22)18-6-5-12-9-17-10-19-12/h2-4,7,9-10,14-15,20-21H,5-6,8H2,1H3,(H,17,19)(H,18,22). The largest absolute Gasteiger partial charge is 0.497 e. The summed E-state index contributed by atoms with van der Waals surface area (Å²) in [6, 6.07) is 7.72. The topological polar surface area (TPSA) is 91.1 Å². The first-order valence-corrected chi connectivity index (χ1v) is 7.66. The van der Waals surface area contributed by atoms with Gasteiger partial charge in [0.15, 0.2) is 0 Å². The molecular formula is C16H21N5O2. The van der Waals surface area contributed by atoms with Crippen molar-refractivity contribution in [2.75, 3.05) is 13.7 Å². The molecule has 1 saturated heterocycles. The van der Waals surface area contributed by atoms with Gasteiger partial charge in [-0.2, -0.15) is 0 Å². The molecule has 7 heteroatoms. The lowest BCUT2D eigenvalue weighted by Gasteiger charge is -2.11. The molecule has 23 heavy (non-hydrogen) atoms. The first kappa shape index (κ1) is 15.5. The summed E-state index contributed by atoms with van der Waals surface area (Å²) in [5.74, 6) is 0.819. The lowest BCUT2D eigenvalue weighted by molar-refractivity contribution is -0.122. The van der Waals surface area contributed by atoms with Crippen LogP contribution in [0, 0.1) is 0 Å². The van der Waals surface area contributed by atoms with Crippen LogP contribution in [0.1, 0.15) is 23.7 Å². The monoisotopic (exact) mass is 315 g/mol. The summed E-state index contributed by atoms with van der Waals surface area (Å²) in [4.78, 5) is 19.2. The smallest absolute Gasteiger partial charge is 0.238 e. The Kier molecular flexibility index (Phi) is 4.89. The van der Waals surface area contributed by atoms with Gasteiger partial charge in [0, 0.05) is 30.9 Å². The number of ether oxygens (including phenoxy) is 1. The second-order valence-corrected chi connectivity index (χ2v) is 5.52. The number of nitrogens with zero attached hydrogens (tertiary/aromatic N) is 1. The number of amides is 1. The molecule has 0 saturated carbocycles. The molecule has 1 aromatic heterocycles. The Balaban J connectivity index is 1.49. The van der Waals surface area contributed by atoms with E-state index in [1.807, 2.05) is 24.3 Å². The number of aromatic amines is 1. The maximum Gasteiger partial charge on any atom is 0.238 e. The first-order valence-electron chi connectivity index (χ1n) is 7.66. The molecule has 1 aliphatic rings. The maximum atomic E-state index is 12.2. The fourth-order valence-electron chi connectivity index (χ4n) is 2.67. The third kappa shape index (κ3) is 3.88. The molecule has 0 aliphatic carbocycles. The van der Waals surface area contributed by atoms with E-state index in [1.54, 1.807) is 19.6 Å². The van der Waals surface area contributed by atoms with Crippen LogP contribution in [0.2, 0.25) is 0 Å². The summed E-state index contributed by atoms with van der Waals surface area (Å²) in [6.45, 7) is 0.586. The summed E-state index contributed by atoms with van der Waals surface area (Å²) in [5.41, 5.74) is 8.35. The first-order chi connectivity index (χ1) is 11.3. The summed E-state index contributed by atoms with van der Waals surface area (Å²) < 4.78 is 5.24. The van der Waals surface area contributed by atoms with Gasteiger partial charge in [0.2, 0.25) is 5.91 Å². The van der Waals surface area contributed by atoms with E-state index in [4.69, 9.17) is 4.74 Å². The molecule has 7 nitrogen and oxygen atoms in total. The van der Waals surface area contributed by atoms with Crippen LogP contribution in [-0.2, 0) is 11.2 Å². The van der Waals surface area contributed by atoms with E-state index in [0.29, 0.717) is 13.0 Å². The number of hydrogen-bond acceptors (Lipinski definition) is 5. The van der Waals surface area contributed by atoms with Crippen LogP contribution >= 0.6 is 0 Å². The van der Waals surface area contributed by atoms with Crippen LogP contribution in [0.25, 0.3) is 0 Å². The number of benzene rings is 1. The fraction of sp³-hybridized carbons (Fsp3) is 0.375. The number of hydrazine groups is 1. The lowest BCUT2D eigenvalue weighted by Crippen LogP contribution is -2.43. The molecule has 4 N–H and O–H groups in total. The Morgan fingerprint density at radius 2 is 2.35 bits per heavy atom. The van der Waals surface area contributed by atoms with E-state index in [2.05, 4.69) is 26.1 Å².